The summed E-state index contributed by atoms with van der Waals surface area (Å²) in [4.78, 5) is 28.2. The van der Waals surface area contributed by atoms with Crippen LogP contribution in [0.5, 0.6) is 0 Å². The first-order valence-corrected chi connectivity index (χ1v) is 9.39. The summed E-state index contributed by atoms with van der Waals surface area (Å²) in [5.41, 5.74) is 1.41. The van der Waals surface area contributed by atoms with Crippen molar-refractivity contribution in [3.63, 3.8) is 0 Å². The minimum atomic E-state index is -0.363. The number of carbonyl (C=O) groups excluding carboxylic acids is 2. The van der Waals surface area contributed by atoms with Crippen LogP contribution in [0.25, 0.3) is 10.2 Å². The number of thiophene rings is 1. The van der Waals surface area contributed by atoms with Crippen LogP contribution in [0.4, 0.5) is 0 Å². The highest BCUT2D eigenvalue weighted by atomic mass is 32.1. The monoisotopic (exact) mass is 348 g/mol. The number of likely N-dealkylation sites (tertiary alicyclic amines) is 1. The van der Waals surface area contributed by atoms with E-state index in [2.05, 4.69) is 6.92 Å². The zero-order valence-corrected chi connectivity index (χ0v) is 15.3. The van der Waals surface area contributed by atoms with E-state index < -0.39 is 0 Å². The summed E-state index contributed by atoms with van der Waals surface area (Å²) in [7, 11) is 0. The third-order valence-electron chi connectivity index (χ3n) is 4.61. The van der Waals surface area contributed by atoms with Gasteiger partial charge in [0.2, 0.25) is 5.91 Å². The number of fused-ring (bicyclic) bond motifs is 1. The molecular weight excluding hydrogens is 324 g/mol. The van der Waals surface area contributed by atoms with Crippen molar-refractivity contribution in [2.24, 2.45) is 0 Å². The first kappa shape index (κ1) is 17.0. The highest BCUT2D eigenvalue weighted by molar-refractivity contribution is 7.19. The molecule has 0 aromatic carbocycles. The lowest BCUT2D eigenvalue weighted by atomic mass is 10.0. The van der Waals surface area contributed by atoms with Gasteiger partial charge in [0.25, 0.3) is 0 Å². The van der Waals surface area contributed by atoms with Crippen molar-refractivity contribution in [1.82, 2.24) is 9.47 Å². The third kappa shape index (κ3) is 3.20. The van der Waals surface area contributed by atoms with Gasteiger partial charge >= 0.3 is 5.97 Å². The number of piperidine rings is 1. The van der Waals surface area contributed by atoms with Crippen molar-refractivity contribution in [3.8, 4) is 0 Å². The molecule has 3 rings (SSSR count). The number of carbonyl (C=O) groups is 2. The van der Waals surface area contributed by atoms with Crippen LogP contribution in [0.1, 0.15) is 48.5 Å². The molecule has 24 heavy (non-hydrogen) atoms. The Bertz CT molecular complexity index is 762. The minimum Gasteiger partial charge on any atom is -0.461 e. The molecule has 0 bridgehead atoms. The summed E-state index contributed by atoms with van der Waals surface area (Å²) in [5.74, 6) is -0.285. The van der Waals surface area contributed by atoms with Gasteiger partial charge in [-0.15, -0.1) is 11.3 Å². The summed E-state index contributed by atoms with van der Waals surface area (Å²) < 4.78 is 8.01. The summed E-state index contributed by atoms with van der Waals surface area (Å²) in [6, 6.07) is 4.15. The van der Waals surface area contributed by atoms with Gasteiger partial charge in [-0.25, -0.2) is 4.79 Å². The van der Waals surface area contributed by atoms with E-state index in [9.17, 15) is 9.59 Å². The number of amides is 1. The number of hydrogen-bond donors (Lipinski definition) is 0. The molecule has 0 aliphatic carbocycles. The lowest BCUT2D eigenvalue weighted by Gasteiger charge is -2.33. The molecule has 3 heterocycles. The Morgan fingerprint density at radius 3 is 2.83 bits per heavy atom. The number of ether oxygens (including phenoxy) is 1. The Morgan fingerprint density at radius 2 is 2.12 bits per heavy atom. The number of hydrogen-bond acceptors (Lipinski definition) is 4. The second-order valence-corrected chi connectivity index (χ2v) is 7.66. The number of nitrogens with zero attached hydrogens (tertiary/aromatic N) is 2. The van der Waals surface area contributed by atoms with Crippen molar-refractivity contribution in [1.29, 1.82) is 0 Å². The fraction of sp³-hybridized carbons (Fsp3) is 0.556. The molecule has 5 nitrogen and oxygen atoms in total. The van der Waals surface area contributed by atoms with Gasteiger partial charge < -0.3 is 14.2 Å². The zero-order chi connectivity index (χ0) is 17.3. The predicted molar refractivity (Wildman–Crippen MR) is 95.5 cm³/mol. The standard InChI is InChI=1S/C18H24N2O3S/c1-4-23-18(22)15-10-16-14(9-13(3)24-16)20(15)11-17(21)19-8-6-5-7-12(19)2/h9-10,12H,4-8,11H2,1-3H3. The molecule has 0 spiro atoms. The lowest BCUT2D eigenvalue weighted by Crippen LogP contribution is -2.43. The van der Waals surface area contributed by atoms with Crippen molar-refractivity contribution < 1.29 is 14.3 Å². The van der Waals surface area contributed by atoms with Gasteiger partial charge in [0.1, 0.15) is 12.2 Å². The quantitative estimate of drug-likeness (QED) is 0.794. The topological polar surface area (TPSA) is 51.5 Å². The van der Waals surface area contributed by atoms with Gasteiger partial charge in [-0.3, -0.25) is 4.79 Å². The molecule has 0 saturated carbocycles. The highest BCUT2D eigenvalue weighted by Gasteiger charge is 2.26. The maximum atomic E-state index is 12.8. The molecule has 2 aromatic heterocycles. The summed E-state index contributed by atoms with van der Waals surface area (Å²) in [6.07, 6.45) is 3.28. The molecule has 1 aliphatic rings. The van der Waals surface area contributed by atoms with Crippen molar-refractivity contribution >= 4 is 33.4 Å². The van der Waals surface area contributed by atoms with Gasteiger partial charge in [-0.05, 0) is 52.2 Å². The first-order chi connectivity index (χ1) is 11.5. The second-order valence-electron chi connectivity index (χ2n) is 6.37. The molecular formula is C18H24N2O3S. The molecule has 1 aliphatic heterocycles. The Kier molecular flexibility index (Phi) is 4.94. The van der Waals surface area contributed by atoms with E-state index in [1.54, 1.807) is 18.3 Å². The van der Waals surface area contributed by atoms with Crippen LogP contribution in [-0.2, 0) is 16.1 Å². The normalized spacial score (nSPS) is 18.1. The van der Waals surface area contributed by atoms with Crippen LogP contribution < -0.4 is 0 Å². The number of esters is 1. The Morgan fingerprint density at radius 1 is 1.33 bits per heavy atom. The number of rotatable bonds is 4. The molecule has 130 valence electrons. The minimum absolute atomic E-state index is 0.0779. The molecule has 0 radical (unpaired) electrons. The molecule has 2 aromatic rings. The molecule has 1 saturated heterocycles. The first-order valence-electron chi connectivity index (χ1n) is 8.57. The maximum absolute atomic E-state index is 12.8. The predicted octanol–water partition coefficient (Wildman–Crippen LogP) is 3.59. The lowest BCUT2D eigenvalue weighted by molar-refractivity contribution is -0.135. The van der Waals surface area contributed by atoms with E-state index in [0.29, 0.717) is 12.3 Å². The van der Waals surface area contributed by atoms with E-state index in [-0.39, 0.29) is 24.5 Å². The Labute approximate surface area is 146 Å². The van der Waals surface area contributed by atoms with Crippen LogP contribution in [0.3, 0.4) is 0 Å². The Hall–Kier alpha value is -1.82. The van der Waals surface area contributed by atoms with E-state index in [1.165, 1.54) is 11.3 Å². The van der Waals surface area contributed by atoms with Gasteiger partial charge in [-0.2, -0.15) is 0 Å². The zero-order valence-electron chi connectivity index (χ0n) is 14.5. The summed E-state index contributed by atoms with van der Waals surface area (Å²) in [6.45, 7) is 7.25. The van der Waals surface area contributed by atoms with Crippen LogP contribution in [-0.4, -0.2) is 40.5 Å². The van der Waals surface area contributed by atoms with E-state index in [4.69, 9.17) is 4.74 Å². The van der Waals surface area contributed by atoms with Crippen molar-refractivity contribution in [2.45, 2.75) is 52.6 Å². The maximum Gasteiger partial charge on any atom is 0.355 e. The average Bonchev–Trinajstić information content (AvgIpc) is 3.05. The van der Waals surface area contributed by atoms with E-state index >= 15 is 0 Å². The smallest absolute Gasteiger partial charge is 0.355 e. The fourth-order valence-electron chi connectivity index (χ4n) is 3.40. The average molecular weight is 348 g/mol. The third-order valence-corrected chi connectivity index (χ3v) is 5.60. The molecule has 1 atom stereocenters. The van der Waals surface area contributed by atoms with Gasteiger partial charge in [-0.1, -0.05) is 0 Å². The van der Waals surface area contributed by atoms with Crippen molar-refractivity contribution in [3.05, 3.63) is 22.7 Å². The second kappa shape index (κ2) is 6.97. The van der Waals surface area contributed by atoms with E-state index in [1.807, 2.05) is 28.5 Å². The highest BCUT2D eigenvalue weighted by Crippen LogP contribution is 2.29. The van der Waals surface area contributed by atoms with Crippen molar-refractivity contribution in [2.75, 3.05) is 13.2 Å². The number of aryl methyl sites for hydroxylation is 1. The van der Waals surface area contributed by atoms with Crippen LogP contribution in [0.2, 0.25) is 0 Å². The summed E-state index contributed by atoms with van der Waals surface area (Å²) in [5, 5.41) is 0. The van der Waals surface area contributed by atoms with Gasteiger partial charge in [0.05, 0.1) is 16.8 Å². The molecule has 1 amide bonds. The molecule has 0 N–H and O–H groups in total. The number of aromatic nitrogens is 1. The van der Waals surface area contributed by atoms with Crippen LogP contribution in [0.15, 0.2) is 12.1 Å². The summed E-state index contributed by atoms with van der Waals surface area (Å²) >= 11 is 1.63. The SMILES string of the molecule is CCOC(=O)c1cc2sc(C)cc2n1CC(=O)N1CCCCC1C. The molecule has 1 unspecified atom stereocenters. The largest absolute Gasteiger partial charge is 0.461 e. The fourth-order valence-corrected chi connectivity index (χ4v) is 4.37. The molecule has 1 fully saturated rings. The van der Waals surface area contributed by atoms with Gasteiger partial charge in [0.15, 0.2) is 0 Å². The van der Waals surface area contributed by atoms with Gasteiger partial charge in [0, 0.05) is 17.5 Å². The molecule has 6 heteroatoms. The van der Waals surface area contributed by atoms with Crippen LogP contribution in [0, 0.1) is 6.92 Å². The Balaban J connectivity index is 1.92. The van der Waals surface area contributed by atoms with E-state index in [0.717, 1.165) is 29.6 Å². The van der Waals surface area contributed by atoms with Crippen LogP contribution >= 0.6 is 11.3 Å².